The van der Waals surface area contributed by atoms with E-state index < -0.39 is 0 Å². The van der Waals surface area contributed by atoms with E-state index in [1.165, 1.54) is 5.56 Å². The van der Waals surface area contributed by atoms with Gasteiger partial charge in [-0.25, -0.2) is 0 Å². The number of aryl methyl sites for hydroxylation is 1. The predicted octanol–water partition coefficient (Wildman–Crippen LogP) is 3.17. The van der Waals surface area contributed by atoms with Crippen molar-refractivity contribution in [3.05, 3.63) is 47.8 Å². The Bertz CT molecular complexity index is 763. The summed E-state index contributed by atoms with van der Waals surface area (Å²) in [6, 6.07) is 8.09. The molecular weight excluding hydrogens is 302 g/mol. The average molecular weight is 325 g/mol. The summed E-state index contributed by atoms with van der Waals surface area (Å²) in [5, 5.41) is 4.00. The van der Waals surface area contributed by atoms with Crippen molar-refractivity contribution < 1.29 is 9.59 Å². The number of nitrogens with zero attached hydrogens (tertiary/aromatic N) is 3. The Hall–Kier alpha value is -2.43. The molecule has 0 spiro atoms. The van der Waals surface area contributed by atoms with E-state index in [9.17, 15) is 9.59 Å². The van der Waals surface area contributed by atoms with Crippen LogP contribution in [-0.4, -0.2) is 28.0 Å². The van der Waals surface area contributed by atoms with Gasteiger partial charge in [-0.1, -0.05) is 32.0 Å². The molecule has 0 saturated heterocycles. The monoisotopic (exact) mass is 325 g/mol. The first kappa shape index (κ1) is 16.4. The van der Waals surface area contributed by atoms with Gasteiger partial charge in [-0.05, 0) is 17.5 Å². The Morgan fingerprint density at radius 2 is 2.00 bits per heavy atom. The average Bonchev–Trinajstić information content (AvgIpc) is 3.16. The fourth-order valence-electron chi connectivity index (χ4n) is 3.31. The summed E-state index contributed by atoms with van der Waals surface area (Å²) in [7, 11) is 1.77. The molecule has 0 aliphatic carbocycles. The summed E-state index contributed by atoms with van der Waals surface area (Å²) in [4.78, 5) is 26.7. The number of rotatable bonds is 5. The lowest BCUT2D eigenvalue weighted by Crippen LogP contribution is -2.30. The van der Waals surface area contributed by atoms with Gasteiger partial charge < -0.3 is 4.90 Å². The highest BCUT2D eigenvalue weighted by Crippen LogP contribution is 2.40. The standard InChI is InChI=1S/C19H23N3O2/c1-13(2)16-12-22(17-7-5-4-6-15(16)17)19(24)9-8-18(23)14-10-20-21(3)11-14/h4-7,10-11,13,16H,8-9,12H2,1-3H3/t16-/m0/s1. The summed E-state index contributed by atoms with van der Waals surface area (Å²) >= 11 is 0. The first-order valence-corrected chi connectivity index (χ1v) is 8.38. The summed E-state index contributed by atoms with van der Waals surface area (Å²) in [6.07, 6.45) is 3.68. The maximum atomic E-state index is 12.7. The van der Waals surface area contributed by atoms with Crippen molar-refractivity contribution in [2.75, 3.05) is 11.4 Å². The van der Waals surface area contributed by atoms with E-state index in [0.29, 0.717) is 23.9 Å². The van der Waals surface area contributed by atoms with Gasteiger partial charge in [0, 0.05) is 44.2 Å². The first-order valence-electron chi connectivity index (χ1n) is 8.38. The quantitative estimate of drug-likeness (QED) is 0.794. The van der Waals surface area contributed by atoms with Crippen molar-refractivity contribution in [2.45, 2.75) is 32.6 Å². The molecule has 0 radical (unpaired) electrons. The zero-order chi connectivity index (χ0) is 17.3. The molecule has 1 aromatic carbocycles. The number of hydrogen-bond acceptors (Lipinski definition) is 3. The molecule has 5 heteroatoms. The van der Waals surface area contributed by atoms with Crippen LogP contribution < -0.4 is 4.90 Å². The third-order valence-electron chi connectivity index (χ3n) is 4.70. The van der Waals surface area contributed by atoms with Crippen LogP contribution in [0.3, 0.4) is 0 Å². The molecule has 2 heterocycles. The molecule has 2 aromatic rings. The SMILES string of the molecule is CC(C)[C@@H]1CN(C(=O)CCC(=O)c2cnn(C)c2)c2ccccc21. The van der Waals surface area contributed by atoms with Gasteiger partial charge in [-0.15, -0.1) is 0 Å². The van der Waals surface area contributed by atoms with Gasteiger partial charge in [-0.3, -0.25) is 14.3 Å². The molecule has 0 bridgehead atoms. The number of Topliss-reactive ketones (excluding diaryl/α,β-unsaturated/α-hetero) is 1. The molecule has 0 saturated carbocycles. The van der Waals surface area contributed by atoms with E-state index in [4.69, 9.17) is 0 Å². The van der Waals surface area contributed by atoms with Gasteiger partial charge in [0.15, 0.2) is 5.78 Å². The zero-order valence-electron chi connectivity index (χ0n) is 14.4. The molecule has 0 unspecified atom stereocenters. The van der Waals surface area contributed by atoms with Crippen molar-refractivity contribution >= 4 is 17.4 Å². The number of carbonyl (C=O) groups excluding carboxylic acids is 2. The number of para-hydroxylation sites is 1. The Morgan fingerprint density at radius 3 is 2.67 bits per heavy atom. The van der Waals surface area contributed by atoms with Gasteiger partial charge >= 0.3 is 0 Å². The van der Waals surface area contributed by atoms with Gasteiger partial charge in [0.25, 0.3) is 0 Å². The van der Waals surface area contributed by atoms with Gasteiger partial charge in [0.05, 0.1) is 11.8 Å². The molecule has 0 N–H and O–H groups in total. The van der Waals surface area contributed by atoms with Crippen LogP contribution in [0.2, 0.25) is 0 Å². The highest BCUT2D eigenvalue weighted by molar-refractivity contribution is 6.01. The topological polar surface area (TPSA) is 55.2 Å². The third-order valence-corrected chi connectivity index (χ3v) is 4.70. The van der Waals surface area contributed by atoms with Crippen molar-refractivity contribution in [3.8, 4) is 0 Å². The number of amides is 1. The van der Waals surface area contributed by atoms with Gasteiger partial charge in [0.2, 0.25) is 5.91 Å². The number of benzene rings is 1. The molecule has 1 atom stereocenters. The lowest BCUT2D eigenvalue weighted by Gasteiger charge is -2.19. The molecule has 1 amide bonds. The second kappa shape index (κ2) is 6.59. The summed E-state index contributed by atoms with van der Waals surface area (Å²) in [6.45, 7) is 5.07. The highest BCUT2D eigenvalue weighted by atomic mass is 16.2. The lowest BCUT2D eigenvalue weighted by atomic mass is 9.90. The maximum Gasteiger partial charge on any atom is 0.227 e. The van der Waals surface area contributed by atoms with E-state index in [-0.39, 0.29) is 24.5 Å². The number of ketones is 1. The number of anilines is 1. The number of aromatic nitrogens is 2. The van der Waals surface area contributed by atoms with Gasteiger partial charge in [-0.2, -0.15) is 5.10 Å². The van der Waals surface area contributed by atoms with Crippen LogP contribution in [-0.2, 0) is 11.8 Å². The molecule has 1 aromatic heterocycles. The molecule has 1 aliphatic rings. The molecule has 3 rings (SSSR count). The predicted molar refractivity (Wildman–Crippen MR) is 93.1 cm³/mol. The van der Waals surface area contributed by atoms with E-state index in [1.54, 1.807) is 24.1 Å². The van der Waals surface area contributed by atoms with Crippen molar-refractivity contribution in [1.29, 1.82) is 0 Å². The third kappa shape index (κ3) is 3.11. The van der Waals surface area contributed by atoms with Crippen molar-refractivity contribution in [3.63, 3.8) is 0 Å². The van der Waals surface area contributed by atoms with Crippen LogP contribution in [0.25, 0.3) is 0 Å². The zero-order valence-corrected chi connectivity index (χ0v) is 14.4. The minimum Gasteiger partial charge on any atom is -0.312 e. The molecule has 126 valence electrons. The van der Waals surface area contributed by atoms with Crippen molar-refractivity contribution in [2.24, 2.45) is 13.0 Å². The Labute approximate surface area is 142 Å². The number of hydrogen-bond donors (Lipinski definition) is 0. The Balaban J connectivity index is 1.68. The van der Waals surface area contributed by atoms with E-state index >= 15 is 0 Å². The lowest BCUT2D eigenvalue weighted by molar-refractivity contribution is -0.118. The van der Waals surface area contributed by atoms with E-state index in [0.717, 1.165) is 5.69 Å². The molecule has 5 nitrogen and oxygen atoms in total. The Kier molecular flexibility index (Phi) is 4.51. The fraction of sp³-hybridized carbons (Fsp3) is 0.421. The molecular formula is C19H23N3O2. The molecule has 0 fully saturated rings. The normalized spacial score (nSPS) is 16.5. The smallest absolute Gasteiger partial charge is 0.227 e. The summed E-state index contributed by atoms with van der Waals surface area (Å²) in [5.74, 6) is 0.812. The minimum atomic E-state index is -0.0376. The summed E-state index contributed by atoms with van der Waals surface area (Å²) in [5.41, 5.74) is 2.79. The Morgan fingerprint density at radius 1 is 1.25 bits per heavy atom. The summed E-state index contributed by atoms with van der Waals surface area (Å²) < 4.78 is 1.60. The van der Waals surface area contributed by atoms with Crippen LogP contribution in [0.1, 0.15) is 48.5 Å². The maximum absolute atomic E-state index is 12.7. The van der Waals surface area contributed by atoms with Crippen LogP contribution >= 0.6 is 0 Å². The molecule has 24 heavy (non-hydrogen) atoms. The minimum absolute atomic E-state index is 0.0165. The van der Waals surface area contributed by atoms with E-state index in [2.05, 4.69) is 25.0 Å². The second-order valence-corrected chi connectivity index (χ2v) is 6.74. The fourth-order valence-corrected chi connectivity index (χ4v) is 3.31. The first-order chi connectivity index (χ1) is 11.5. The molecule has 1 aliphatic heterocycles. The van der Waals surface area contributed by atoms with Crippen LogP contribution in [0, 0.1) is 5.92 Å². The second-order valence-electron chi connectivity index (χ2n) is 6.74. The van der Waals surface area contributed by atoms with Crippen LogP contribution in [0.5, 0.6) is 0 Å². The van der Waals surface area contributed by atoms with E-state index in [1.807, 2.05) is 23.1 Å². The van der Waals surface area contributed by atoms with Gasteiger partial charge in [0.1, 0.15) is 0 Å². The number of carbonyl (C=O) groups is 2. The van der Waals surface area contributed by atoms with Crippen molar-refractivity contribution in [1.82, 2.24) is 9.78 Å². The number of fused-ring (bicyclic) bond motifs is 1. The highest BCUT2D eigenvalue weighted by Gasteiger charge is 2.33. The van der Waals surface area contributed by atoms with Crippen LogP contribution in [0.4, 0.5) is 5.69 Å². The largest absolute Gasteiger partial charge is 0.312 e. The van der Waals surface area contributed by atoms with Crippen LogP contribution in [0.15, 0.2) is 36.7 Å².